The highest BCUT2D eigenvalue weighted by Gasteiger charge is 2.22. The largest absolute Gasteiger partial charge is 0.481 e. The van der Waals surface area contributed by atoms with Crippen molar-refractivity contribution in [2.24, 2.45) is 5.41 Å². The van der Waals surface area contributed by atoms with Crippen LogP contribution in [0.1, 0.15) is 20.8 Å². The molecular weight excluding hydrogens is 268 g/mol. The Morgan fingerprint density at radius 1 is 1.38 bits per heavy atom. The molecule has 0 bridgehead atoms. The monoisotopic (exact) mass is 290 g/mol. The molecule has 0 aromatic heterocycles. The summed E-state index contributed by atoms with van der Waals surface area (Å²) in [5, 5.41) is 15.1. The van der Waals surface area contributed by atoms with E-state index in [-0.39, 0.29) is 24.6 Å². The Morgan fingerprint density at radius 3 is 2.52 bits per heavy atom. The number of nitrogens with one attached hydrogen (secondary N) is 2. The van der Waals surface area contributed by atoms with Crippen LogP contribution in [0.2, 0.25) is 0 Å². The number of aliphatic hydroxyl groups is 1. The van der Waals surface area contributed by atoms with Crippen molar-refractivity contribution in [1.29, 1.82) is 0 Å². The topological polar surface area (TPSA) is 70.6 Å². The number of carbonyl (C=O) groups is 1. The van der Waals surface area contributed by atoms with Crippen LogP contribution in [0, 0.1) is 17.8 Å². The van der Waals surface area contributed by atoms with Gasteiger partial charge in [0.1, 0.15) is 12.4 Å². The highest BCUT2D eigenvalue weighted by molar-refractivity contribution is 5.89. The van der Waals surface area contributed by atoms with Crippen LogP contribution >= 0.6 is 0 Å². The molecule has 1 unspecified atom stereocenters. The molecule has 0 spiro atoms. The van der Waals surface area contributed by atoms with Gasteiger partial charge < -0.3 is 20.5 Å². The van der Waals surface area contributed by atoms with Crippen LogP contribution in [-0.4, -0.2) is 30.4 Å². The van der Waals surface area contributed by atoms with E-state index in [0.29, 0.717) is 11.4 Å². The van der Waals surface area contributed by atoms with Crippen LogP contribution in [0.5, 0.6) is 5.75 Å². The van der Waals surface area contributed by atoms with Crippen molar-refractivity contribution in [2.75, 3.05) is 18.5 Å². The van der Waals surface area contributed by atoms with Crippen LogP contribution in [0.4, 0.5) is 10.5 Å². The molecule has 1 rings (SSSR count). The first-order chi connectivity index (χ1) is 9.82. The molecule has 21 heavy (non-hydrogen) atoms. The van der Waals surface area contributed by atoms with Gasteiger partial charge in [-0.2, -0.15) is 0 Å². The number of carbonyl (C=O) groups excluding carboxylic acids is 1. The summed E-state index contributed by atoms with van der Waals surface area (Å²) in [5.74, 6) is 3.02. The Bertz CT molecular complexity index is 498. The van der Waals surface area contributed by atoms with E-state index in [4.69, 9.17) is 11.2 Å². The van der Waals surface area contributed by atoms with Gasteiger partial charge in [-0.25, -0.2) is 4.79 Å². The highest BCUT2D eigenvalue weighted by Crippen LogP contribution is 2.18. The third-order valence-electron chi connectivity index (χ3n) is 2.89. The van der Waals surface area contributed by atoms with Crippen LogP contribution in [0.25, 0.3) is 0 Å². The molecule has 3 N–H and O–H groups in total. The van der Waals surface area contributed by atoms with E-state index in [0.717, 1.165) is 0 Å². The Balaban J connectivity index is 2.43. The predicted octanol–water partition coefficient (Wildman–Crippen LogP) is 2.23. The quantitative estimate of drug-likeness (QED) is 0.728. The Morgan fingerprint density at radius 2 is 2.00 bits per heavy atom. The minimum Gasteiger partial charge on any atom is -0.481 e. The second-order valence-corrected chi connectivity index (χ2v) is 5.73. The number of aliphatic hydroxyl groups excluding tert-OH is 1. The molecule has 0 fully saturated rings. The Labute approximate surface area is 125 Å². The van der Waals surface area contributed by atoms with Crippen molar-refractivity contribution in [3.05, 3.63) is 24.3 Å². The van der Waals surface area contributed by atoms with Crippen molar-refractivity contribution >= 4 is 11.7 Å². The second-order valence-electron chi connectivity index (χ2n) is 5.73. The fourth-order valence-corrected chi connectivity index (χ4v) is 1.43. The van der Waals surface area contributed by atoms with Crippen LogP contribution in [-0.2, 0) is 0 Å². The lowest BCUT2D eigenvalue weighted by Crippen LogP contribution is -2.40. The Hall–Kier alpha value is -2.19. The van der Waals surface area contributed by atoms with E-state index in [1.165, 1.54) is 0 Å². The van der Waals surface area contributed by atoms with Crippen LogP contribution in [0.3, 0.4) is 0 Å². The third kappa shape index (κ3) is 6.19. The lowest BCUT2D eigenvalue weighted by atomic mass is 9.89. The minimum absolute atomic E-state index is 0.193. The summed E-state index contributed by atoms with van der Waals surface area (Å²) >= 11 is 0. The lowest BCUT2D eigenvalue weighted by Gasteiger charge is -2.25. The number of urea groups is 1. The SMILES string of the molecule is C#CCOc1ccc(NC(=O)NCC(O)C(C)(C)C)cc1. The number of benzene rings is 1. The number of amides is 2. The summed E-state index contributed by atoms with van der Waals surface area (Å²) in [4.78, 5) is 11.7. The van der Waals surface area contributed by atoms with Gasteiger partial charge in [0.05, 0.1) is 6.10 Å². The number of terminal acetylenes is 1. The average Bonchev–Trinajstić information content (AvgIpc) is 2.43. The molecule has 0 aliphatic rings. The normalized spacial score (nSPS) is 12.1. The first kappa shape index (κ1) is 16.9. The van der Waals surface area contributed by atoms with Gasteiger partial charge in [-0.3, -0.25) is 0 Å². The van der Waals surface area contributed by atoms with Crippen LogP contribution < -0.4 is 15.4 Å². The van der Waals surface area contributed by atoms with Gasteiger partial charge in [-0.1, -0.05) is 26.7 Å². The zero-order chi connectivity index (χ0) is 15.9. The summed E-state index contributed by atoms with van der Waals surface area (Å²) in [6.45, 7) is 6.13. The van der Waals surface area contributed by atoms with Crippen molar-refractivity contribution < 1.29 is 14.6 Å². The fourth-order valence-electron chi connectivity index (χ4n) is 1.43. The van der Waals surface area contributed by atoms with E-state index in [2.05, 4.69) is 16.6 Å². The minimum atomic E-state index is -0.609. The summed E-state index contributed by atoms with van der Waals surface area (Å²) in [6.07, 6.45) is 4.49. The zero-order valence-electron chi connectivity index (χ0n) is 12.6. The maximum atomic E-state index is 11.7. The third-order valence-corrected chi connectivity index (χ3v) is 2.89. The number of rotatable bonds is 5. The van der Waals surface area contributed by atoms with Gasteiger partial charge in [0.25, 0.3) is 0 Å². The Kier molecular flexibility index (Phi) is 6.07. The standard InChI is InChI=1S/C16H22N2O3/c1-5-10-21-13-8-6-12(7-9-13)18-15(20)17-11-14(19)16(2,3)4/h1,6-9,14,19H,10-11H2,2-4H3,(H2,17,18,20). The molecule has 0 heterocycles. The summed E-state index contributed by atoms with van der Waals surface area (Å²) in [6, 6.07) is 6.50. The number of anilines is 1. The van der Waals surface area contributed by atoms with Gasteiger partial charge in [0, 0.05) is 12.2 Å². The second kappa shape index (κ2) is 7.55. The molecule has 0 radical (unpaired) electrons. The molecule has 0 aliphatic carbocycles. The summed E-state index contributed by atoms with van der Waals surface area (Å²) in [7, 11) is 0. The van der Waals surface area contributed by atoms with Gasteiger partial charge in [-0.15, -0.1) is 6.42 Å². The summed E-state index contributed by atoms with van der Waals surface area (Å²) in [5.41, 5.74) is 0.356. The predicted molar refractivity (Wildman–Crippen MR) is 83.3 cm³/mol. The van der Waals surface area contributed by atoms with Gasteiger partial charge in [0.2, 0.25) is 0 Å². The van der Waals surface area contributed by atoms with Gasteiger partial charge >= 0.3 is 6.03 Å². The molecule has 1 atom stereocenters. The average molecular weight is 290 g/mol. The zero-order valence-corrected chi connectivity index (χ0v) is 12.6. The van der Waals surface area contributed by atoms with Crippen molar-refractivity contribution in [3.63, 3.8) is 0 Å². The van der Waals surface area contributed by atoms with E-state index < -0.39 is 6.10 Å². The molecular formula is C16H22N2O3. The van der Waals surface area contributed by atoms with E-state index >= 15 is 0 Å². The number of hydrogen-bond acceptors (Lipinski definition) is 3. The van der Waals surface area contributed by atoms with E-state index in [9.17, 15) is 9.90 Å². The van der Waals surface area contributed by atoms with E-state index in [1.807, 2.05) is 20.8 Å². The molecule has 5 heteroatoms. The molecule has 0 aliphatic heterocycles. The van der Waals surface area contributed by atoms with Gasteiger partial charge in [-0.05, 0) is 29.7 Å². The van der Waals surface area contributed by atoms with E-state index in [1.54, 1.807) is 24.3 Å². The smallest absolute Gasteiger partial charge is 0.319 e. The maximum absolute atomic E-state index is 11.7. The number of ether oxygens (including phenoxy) is 1. The highest BCUT2D eigenvalue weighted by atomic mass is 16.5. The molecule has 114 valence electrons. The van der Waals surface area contributed by atoms with Crippen molar-refractivity contribution in [3.8, 4) is 18.1 Å². The fraction of sp³-hybridized carbons (Fsp3) is 0.438. The molecule has 0 saturated carbocycles. The van der Waals surface area contributed by atoms with Crippen LogP contribution in [0.15, 0.2) is 24.3 Å². The first-order valence-corrected chi connectivity index (χ1v) is 6.72. The molecule has 2 amide bonds. The number of hydrogen-bond donors (Lipinski definition) is 3. The van der Waals surface area contributed by atoms with Gasteiger partial charge in [0.15, 0.2) is 0 Å². The lowest BCUT2D eigenvalue weighted by molar-refractivity contribution is 0.0654. The molecule has 1 aromatic rings. The molecule has 0 saturated heterocycles. The van der Waals surface area contributed by atoms with Crippen molar-refractivity contribution in [2.45, 2.75) is 26.9 Å². The molecule has 1 aromatic carbocycles. The summed E-state index contributed by atoms with van der Waals surface area (Å²) < 4.78 is 5.23. The first-order valence-electron chi connectivity index (χ1n) is 6.72. The maximum Gasteiger partial charge on any atom is 0.319 e. The molecule has 5 nitrogen and oxygen atoms in total. The van der Waals surface area contributed by atoms with Crippen molar-refractivity contribution in [1.82, 2.24) is 5.32 Å².